The smallest absolute Gasteiger partial charge is 0.263 e. The first-order valence-corrected chi connectivity index (χ1v) is 4.57. The Morgan fingerprint density at radius 3 is 2.50 bits per heavy atom. The van der Waals surface area contributed by atoms with E-state index in [0.717, 1.165) is 5.82 Å². The minimum absolute atomic E-state index is 0.706. The zero-order valence-corrected chi connectivity index (χ0v) is 7.11. The SMILES string of the molecule is O=[P+](O)O.c1n[nH]c(C2CC2)n1. The van der Waals surface area contributed by atoms with Crippen LogP contribution in [0.3, 0.4) is 0 Å². The van der Waals surface area contributed by atoms with Crippen molar-refractivity contribution in [2.75, 3.05) is 0 Å². The summed E-state index contributed by atoms with van der Waals surface area (Å²) in [5, 5.41) is 6.59. The van der Waals surface area contributed by atoms with Crippen LogP contribution in [0, 0.1) is 0 Å². The first-order valence-electron chi connectivity index (χ1n) is 3.40. The lowest BCUT2D eigenvalue weighted by Crippen LogP contribution is -1.79. The molecule has 1 heterocycles. The van der Waals surface area contributed by atoms with Gasteiger partial charge in [0.1, 0.15) is 12.2 Å². The lowest BCUT2D eigenvalue weighted by atomic mass is 10.4. The molecule has 0 bridgehead atoms. The van der Waals surface area contributed by atoms with Crippen molar-refractivity contribution in [3.8, 4) is 0 Å². The molecule has 2 rings (SSSR count). The third-order valence-electron chi connectivity index (χ3n) is 1.40. The lowest BCUT2D eigenvalue weighted by Gasteiger charge is -1.80. The van der Waals surface area contributed by atoms with Crippen LogP contribution in [0.15, 0.2) is 6.33 Å². The minimum Gasteiger partial charge on any atom is -0.263 e. The Kier molecular flexibility index (Phi) is 3.28. The Morgan fingerprint density at radius 2 is 2.17 bits per heavy atom. The highest BCUT2D eigenvalue weighted by atomic mass is 31.1. The summed E-state index contributed by atoms with van der Waals surface area (Å²) in [6.07, 6.45) is 4.14. The molecule has 7 heteroatoms. The number of hydrogen-bond donors (Lipinski definition) is 3. The van der Waals surface area contributed by atoms with Crippen LogP contribution in [0.4, 0.5) is 0 Å². The molecule has 1 aromatic heterocycles. The highest BCUT2D eigenvalue weighted by Crippen LogP contribution is 2.37. The molecule has 0 spiro atoms. The molecule has 0 aromatic carbocycles. The van der Waals surface area contributed by atoms with Crippen molar-refractivity contribution >= 4 is 8.25 Å². The van der Waals surface area contributed by atoms with Crippen LogP contribution in [-0.4, -0.2) is 25.0 Å². The molecule has 3 N–H and O–H groups in total. The van der Waals surface area contributed by atoms with Crippen LogP contribution in [0.2, 0.25) is 0 Å². The van der Waals surface area contributed by atoms with Gasteiger partial charge in [-0.3, -0.25) is 5.10 Å². The Balaban J connectivity index is 0.000000157. The number of hydrogen-bond acceptors (Lipinski definition) is 3. The van der Waals surface area contributed by atoms with Crippen LogP contribution in [-0.2, 0) is 4.57 Å². The van der Waals surface area contributed by atoms with E-state index in [1.54, 1.807) is 6.33 Å². The van der Waals surface area contributed by atoms with E-state index in [-0.39, 0.29) is 0 Å². The Labute approximate surface area is 69.6 Å². The van der Waals surface area contributed by atoms with Crippen LogP contribution >= 0.6 is 8.25 Å². The summed E-state index contributed by atoms with van der Waals surface area (Å²) in [5.74, 6) is 1.77. The average Bonchev–Trinajstić information content (AvgIpc) is 2.67. The Bertz CT molecular complexity index is 242. The van der Waals surface area contributed by atoms with Crippen LogP contribution in [0.5, 0.6) is 0 Å². The largest absolute Gasteiger partial charge is 0.692 e. The first-order chi connectivity index (χ1) is 5.70. The van der Waals surface area contributed by atoms with Crippen LogP contribution < -0.4 is 0 Å². The van der Waals surface area contributed by atoms with E-state index in [4.69, 9.17) is 14.4 Å². The molecule has 12 heavy (non-hydrogen) atoms. The molecule has 1 saturated carbocycles. The van der Waals surface area contributed by atoms with Gasteiger partial charge in [0.05, 0.1) is 0 Å². The van der Waals surface area contributed by atoms with Gasteiger partial charge in [0.25, 0.3) is 0 Å². The van der Waals surface area contributed by atoms with Crippen molar-refractivity contribution < 1.29 is 14.4 Å². The highest BCUT2D eigenvalue weighted by molar-refractivity contribution is 7.30. The second-order valence-electron chi connectivity index (χ2n) is 2.40. The van der Waals surface area contributed by atoms with Gasteiger partial charge in [-0.25, -0.2) is 4.98 Å². The van der Waals surface area contributed by atoms with E-state index < -0.39 is 8.25 Å². The van der Waals surface area contributed by atoms with Gasteiger partial charge in [-0.2, -0.15) is 5.10 Å². The summed E-state index contributed by atoms with van der Waals surface area (Å²) in [6, 6.07) is 0. The molecule has 1 aromatic rings. The zero-order valence-electron chi connectivity index (χ0n) is 6.21. The fourth-order valence-electron chi connectivity index (χ4n) is 0.768. The molecule has 0 atom stereocenters. The fraction of sp³-hybridized carbons (Fsp3) is 0.600. The van der Waals surface area contributed by atoms with Crippen molar-refractivity contribution in [3.05, 3.63) is 12.2 Å². The Morgan fingerprint density at radius 1 is 1.58 bits per heavy atom. The van der Waals surface area contributed by atoms with Crippen molar-refractivity contribution in [2.24, 2.45) is 0 Å². The molecule has 0 amide bonds. The predicted molar refractivity (Wildman–Crippen MR) is 40.4 cm³/mol. The van der Waals surface area contributed by atoms with Gasteiger partial charge in [0, 0.05) is 10.5 Å². The zero-order chi connectivity index (χ0) is 8.97. The van der Waals surface area contributed by atoms with Gasteiger partial charge in [-0.15, -0.1) is 9.79 Å². The van der Waals surface area contributed by atoms with Crippen molar-refractivity contribution in [2.45, 2.75) is 18.8 Å². The number of nitrogens with zero attached hydrogens (tertiary/aromatic N) is 2. The molecule has 0 radical (unpaired) electrons. The van der Waals surface area contributed by atoms with Gasteiger partial charge in [0.15, 0.2) is 0 Å². The molecule has 1 aliphatic carbocycles. The minimum atomic E-state index is -2.87. The molecule has 1 fully saturated rings. The number of nitrogens with one attached hydrogen (secondary N) is 1. The lowest BCUT2D eigenvalue weighted by molar-refractivity contribution is 0.405. The molecular formula is C5H9N3O3P+. The molecule has 6 nitrogen and oxygen atoms in total. The number of aromatic amines is 1. The van der Waals surface area contributed by atoms with Crippen molar-refractivity contribution in [3.63, 3.8) is 0 Å². The molecule has 0 saturated heterocycles. The summed E-state index contributed by atoms with van der Waals surface area (Å²) in [7, 11) is -2.87. The average molecular weight is 190 g/mol. The van der Waals surface area contributed by atoms with Crippen molar-refractivity contribution in [1.82, 2.24) is 15.2 Å². The molecule has 0 unspecified atom stereocenters. The quantitative estimate of drug-likeness (QED) is 0.553. The van der Waals surface area contributed by atoms with E-state index in [1.165, 1.54) is 12.8 Å². The van der Waals surface area contributed by atoms with E-state index >= 15 is 0 Å². The monoisotopic (exact) mass is 190 g/mol. The van der Waals surface area contributed by atoms with Crippen LogP contribution in [0.25, 0.3) is 0 Å². The van der Waals surface area contributed by atoms with Crippen LogP contribution in [0.1, 0.15) is 24.6 Å². The second kappa shape index (κ2) is 4.25. The molecular weight excluding hydrogens is 181 g/mol. The van der Waals surface area contributed by atoms with E-state index in [1.807, 2.05) is 0 Å². The fourth-order valence-corrected chi connectivity index (χ4v) is 0.768. The summed E-state index contributed by atoms with van der Waals surface area (Å²) >= 11 is 0. The summed E-state index contributed by atoms with van der Waals surface area (Å²) in [4.78, 5) is 18.3. The van der Waals surface area contributed by atoms with E-state index in [2.05, 4.69) is 15.2 Å². The van der Waals surface area contributed by atoms with Gasteiger partial charge in [0.2, 0.25) is 0 Å². The Hall–Kier alpha value is -0.840. The van der Waals surface area contributed by atoms with Gasteiger partial charge in [-0.05, 0) is 12.8 Å². The number of H-pyrrole nitrogens is 1. The topological polar surface area (TPSA) is 99.1 Å². The summed E-state index contributed by atoms with van der Waals surface area (Å²) < 4.78 is 8.70. The van der Waals surface area contributed by atoms with E-state index in [0.29, 0.717) is 5.92 Å². The number of rotatable bonds is 1. The second-order valence-corrected chi connectivity index (χ2v) is 2.90. The maximum atomic E-state index is 8.70. The maximum absolute atomic E-state index is 8.70. The molecule has 0 aliphatic heterocycles. The summed E-state index contributed by atoms with van der Waals surface area (Å²) in [6.45, 7) is 0. The predicted octanol–water partition coefficient (Wildman–Crippen LogP) is 0.310. The normalized spacial score (nSPS) is 14.8. The number of aromatic nitrogens is 3. The molecule has 66 valence electrons. The van der Waals surface area contributed by atoms with Gasteiger partial charge >= 0.3 is 8.25 Å². The first kappa shape index (κ1) is 9.25. The molecule has 1 aliphatic rings. The third-order valence-corrected chi connectivity index (χ3v) is 1.40. The highest BCUT2D eigenvalue weighted by Gasteiger charge is 2.25. The van der Waals surface area contributed by atoms with Crippen molar-refractivity contribution in [1.29, 1.82) is 0 Å². The van der Waals surface area contributed by atoms with E-state index in [9.17, 15) is 0 Å². The standard InChI is InChI=1S/C5H7N3.HO3P/c1-2-4(1)5-6-3-7-8-5;1-4(2)3/h3-4H,1-2H2,(H,6,7,8);(H-,1,2,3)/p+1. The summed E-state index contributed by atoms with van der Waals surface area (Å²) in [5.41, 5.74) is 0. The maximum Gasteiger partial charge on any atom is 0.692 e. The van der Waals surface area contributed by atoms with Gasteiger partial charge < -0.3 is 0 Å². The third kappa shape index (κ3) is 3.52. The van der Waals surface area contributed by atoms with Gasteiger partial charge in [-0.1, -0.05) is 0 Å².